The third kappa shape index (κ3) is 8.06. The lowest BCUT2D eigenvalue weighted by Gasteiger charge is -1.93. The Bertz CT molecular complexity index is 85.1. The number of rotatable bonds is 5. The van der Waals surface area contributed by atoms with E-state index < -0.39 is 0 Å². The van der Waals surface area contributed by atoms with Gasteiger partial charge in [0.2, 0.25) is 0 Å². The summed E-state index contributed by atoms with van der Waals surface area (Å²) < 4.78 is 0. The van der Waals surface area contributed by atoms with Crippen molar-refractivity contribution >= 4 is 14.8 Å². The fourth-order valence-electron chi connectivity index (χ4n) is 0.620. The average Bonchev–Trinajstić information content (AvgIpc) is 1.80. The van der Waals surface area contributed by atoms with Crippen LogP contribution in [0.4, 0.5) is 0 Å². The number of hydrogen-bond donors (Lipinski definition) is 1. The highest BCUT2D eigenvalue weighted by Crippen LogP contribution is 2.02. The Hall–Kier alpha value is 0.0600. The molecule has 2 nitrogen and oxygen atoms in total. The van der Waals surface area contributed by atoms with Crippen molar-refractivity contribution in [1.29, 1.82) is 0 Å². The Labute approximate surface area is 58.4 Å². The van der Waals surface area contributed by atoms with Crippen molar-refractivity contribution in [2.24, 2.45) is 5.73 Å². The third-order valence-corrected chi connectivity index (χ3v) is 1.42. The van der Waals surface area contributed by atoms with Crippen LogP contribution >= 0.6 is 9.24 Å². The highest BCUT2D eigenvalue weighted by Gasteiger charge is 1.91. The van der Waals surface area contributed by atoms with Crippen LogP contribution in [0.25, 0.3) is 0 Å². The van der Waals surface area contributed by atoms with Gasteiger partial charge < -0.3 is 5.73 Å². The summed E-state index contributed by atoms with van der Waals surface area (Å²) in [7, 11) is 2.17. The van der Waals surface area contributed by atoms with Gasteiger partial charge in [0.05, 0.1) is 0 Å². The van der Waals surface area contributed by atoms with Gasteiger partial charge in [0, 0.05) is 6.42 Å². The van der Waals surface area contributed by atoms with Crippen LogP contribution in [0.2, 0.25) is 0 Å². The van der Waals surface area contributed by atoms with E-state index in [4.69, 9.17) is 5.73 Å². The molecule has 54 valence electrons. The topological polar surface area (TPSA) is 43.1 Å². The van der Waals surface area contributed by atoms with Crippen LogP contribution in [-0.4, -0.2) is 12.1 Å². The zero-order valence-electron chi connectivity index (χ0n) is 5.60. The molecule has 3 heteroatoms. The van der Waals surface area contributed by atoms with Gasteiger partial charge in [0.25, 0.3) is 0 Å². The number of carbonyl (C=O) groups is 1. The molecule has 0 spiro atoms. The molecule has 1 unspecified atom stereocenters. The van der Waals surface area contributed by atoms with Crippen LogP contribution in [0.15, 0.2) is 0 Å². The molecule has 0 amide bonds. The average molecular weight is 147 g/mol. The molecule has 0 saturated heterocycles. The first-order valence-electron chi connectivity index (χ1n) is 3.25. The number of carbonyl (C=O) groups excluding carboxylic acids is 1. The molecule has 9 heavy (non-hydrogen) atoms. The Morgan fingerprint density at radius 2 is 2.00 bits per heavy atom. The molecule has 0 fully saturated rings. The summed E-state index contributed by atoms with van der Waals surface area (Å²) in [5, 5.41) is 0. The Balaban J connectivity index is 2.83. The van der Waals surface area contributed by atoms with Crippen LogP contribution in [0.3, 0.4) is 0 Å². The van der Waals surface area contributed by atoms with Gasteiger partial charge in [0.1, 0.15) is 5.52 Å². The maximum atomic E-state index is 10.3. The summed E-state index contributed by atoms with van der Waals surface area (Å²) in [5.41, 5.74) is 5.46. The largest absolute Gasteiger partial charge is 0.330 e. The van der Waals surface area contributed by atoms with E-state index in [1.807, 2.05) is 0 Å². The van der Waals surface area contributed by atoms with Crippen molar-refractivity contribution in [1.82, 2.24) is 0 Å². The lowest BCUT2D eigenvalue weighted by Crippen LogP contribution is -1.98. The van der Waals surface area contributed by atoms with Crippen molar-refractivity contribution < 1.29 is 4.79 Å². The molecule has 0 rings (SSSR count). The lowest BCUT2D eigenvalue weighted by atomic mass is 10.2. The van der Waals surface area contributed by atoms with Gasteiger partial charge in [-0.05, 0) is 19.4 Å². The molecular formula is C6H14NOP. The van der Waals surface area contributed by atoms with E-state index in [9.17, 15) is 4.79 Å². The zero-order chi connectivity index (χ0) is 7.11. The molecule has 0 aliphatic heterocycles. The van der Waals surface area contributed by atoms with Crippen molar-refractivity contribution in [3.63, 3.8) is 0 Å². The van der Waals surface area contributed by atoms with E-state index in [2.05, 4.69) is 9.24 Å². The maximum Gasteiger partial charge on any atom is 0.148 e. The van der Waals surface area contributed by atoms with E-state index in [1.165, 1.54) is 0 Å². The second-order valence-electron chi connectivity index (χ2n) is 2.07. The second-order valence-corrected chi connectivity index (χ2v) is 2.71. The van der Waals surface area contributed by atoms with Crippen molar-refractivity contribution in [3.8, 4) is 0 Å². The smallest absolute Gasteiger partial charge is 0.148 e. The Morgan fingerprint density at radius 3 is 2.44 bits per heavy atom. The van der Waals surface area contributed by atoms with Crippen molar-refractivity contribution in [3.05, 3.63) is 0 Å². The predicted molar refractivity (Wildman–Crippen MR) is 42.2 cm³/mol. The van der Waals surface area contributed by atoms with Gasteiger partial charge in [-0.2, -0.15) is 0 Å². The van der Waals surface area contributed by atoms with Gasteiger partial charge in [-0.3, -0.25) is 4.79 Å². The molecule has 0 aromatic carbocycles. The van der Waals surface area contributed by atoms with Gasteiger partial charge in [-0.1, -0.05) is 15.7 Å². The van der Waals surface area contributed by atoms with Crippen molar-refractivity contribution in [2.45, 2.75) is 25.7 Å². The van der Waals surface area contributed by atoms with E-state index in [0.29, 0.717) is 6.42 Å². The quantitative estimate of drug-likeness (QED) is 0.464. The molecule has 0 aromatic heterocycles. The van der Waals surface area contributed by atoms with E-state index in [0.717, 1.165) is 25.8 Å². The molecule has 0 bridgehead atoms. The number of unbranched alkanes of at least 4 members (excludes halogenated alkanes) is 2. The van der Waals surface area contributed by atoms with Gasteiger partial charge in [0.15, 0.2) is 0 Å². The molecule has 0 saturated carbocycles. The first-order valence-corrected chi connectivity index (χ1v) is 3.83. The predicted octanol–water partition coefficient (Wildman–Crippen LogP) is 0.907. The van der Waals surface area contributed by atoms with Crippen LogP contribution in [0, 0.1) is 0 Å². The standard InChI is InChI=1S/C6H14NOP/c7-5-3-1-2-4-6(8)9/h1-5,7,9H2. The Morgan fingerprint density at radius 1 is 1.33 bits per heavy atom. The first kappa shape index (κ1) is 9.06. The summed E-state index contributed by atoms with van der Waals surface area (Å²) in [6.07, 6.45) is 3.79. The summed E-state index contributed by atoms with van der Waals surface area (Å²) in [4.78, 5) is 10.3. The summed E-state index contributed by atoms with van der Waals surface area (Å²) in [6.45, 7) is 0.741. The van der Waals surface area contributed by atoms with E-state index in [-0.39, 0.29) is 5.52 Å². The molecule has 0 radical (unpaired) electrons. The van der Waals surface area contributed by atoms with Crippen molar-refractivity contribution in [2.75, 3.05) is 6.54 Å². The summed E-state index contributed by atoms with van der Waals surface area (Å²) >= 11 is 0. The maximum absolute atomic E-state index is 10.3. The minimum Gasteiger partial charge on any atom is -0.330 e. The highest BCUT2D eigenvalue weighted by molar-refractivity contribution is 7.40. The SMILES string of the molecule is NCCCCCC(=O)P. The van der Waals surface area contributed by atoms with Crippen LogP contribution in [-0.2, 0) is 4.79 Å². The fraction of sp³-hybridized carbons (Fsp3) is 0.833. The van der Waals surface area contributed by atoms with Gasteiger partial charge >= 0.3 is 0 Å². The minimum absolute atomic E-state index is 0.201. The van der Waals surface area contributed by atoms with Gasteiger partial charge in [-0.15, -0.1) is 0 Å². The van der Waals surface area contributed by atoms with E-state index >= 15 is 0 Å². The molecule has 0 heterocycles. The highest BCUT2D eigenvalue weighted by atomic mass is 31.0. The number of nitrogens with two attached hydrogens (primary N) is 1. The Kier molecular flexibility index (Phi) is 6.23. The molecule has 0 aliphatic rings. The normalized spacial score (nSPS) is 9.56. The van der Waals surface area contributed by atoms with Crippen LogP contribution in [0.5, 0.6) is 0 Å². The first-order chi connectivity index (χ1) is 4.27. The van der Waals surface area contributed by atoms with Crippen LogP contribution < -0.4 is 5.73 Å². The monoisotopic (exact) mass is 147 g/mol. The lowest BCUT2D eigenvalue weighted by molar-refractivity contribution is -0.111. The molecule has 0 aliphatic carbocycles. The second kappa shape index (κ2) is 6.18. The molecule has 0 aromatic rings. The minimum atomic E-state index is 0.201. The zero-order valence-corrected chi connectivity index (χ0v) is 6.75. The molecule has 2 N–H and O–H groups in total. The van der Waals surface area contributed by atoms with Crippen LogP contribution in [0.1, 0.15) is 25.7 Å². The number of hydrogen-bond acceptors (Lipinski definition) is 2. The van der Waals surface area contributed by atoms with Gasteiger partial charge in [-0.25, -0.2) is 0 Å². The third-order valence-electron chi connectivity index (χ3n) is 1.13. The molecular weight excluding hydrogens is 133 g/mol. The molecule has 1 atom stereocenters. The summed E-state index contributed by atoms with van der Waals surface area (Å²) in [5.74, 6) is 0. The summed E-state index contributed by atoms with van der Waals surface area (Å²) in [6, 6.07) is 0. The fourth-order valence-corrected chi connectivity index (χ4v) is 0.824. The van der Waals surface area contributed by atoms with E-state index in [1.54, 1.807) is 0 Å².